The van der Waals surface area contributed by atoms with Gasteiger partial charge in [0.25, 0.3) is 5.88 Å². The molecule has 5 heteroatoms. The van der Waals surface area contributed by atoms with Crippen LogP contribution < -0.4 is 15.4 Å². The van der Waals surface area contributed by atoms with Gasteiger partial charge in [-0.1, -0.05) is 12.1 Å². The summed E-state index contributed by atoms with van der Waals surface area (Å²) < 4.78 is 5.72. The summed E-state index contributed by atoms with van der Waals surface area (Å²) >= 11 is 0. The summed E-state index contributed by atoms with van der Waals surface area (Å²) in [5.41, 5.74) is 7.62. The van der Waals surface area contributed by atoms with Gasteiger partial charge in [0.05, 0.1) is 17.6 Å². The highest BCUT2D eigenvalue weighted by atomic mass is 16.5. The van der Waals surface area contributed by atoms with Crippen LogP contribution in [0, 0.1) is 5.92 Å². The number of hydrogen-bond acceptors (Lipinski definition) is 5. The highest BCUT2D eigenvalue weighted by Gasteiger charge is 2.23. The van der Waals surface area contributed by atoms with Gasteiger partial charge in [-0.25, -0.2) is 9.97 Å². The van der Waals surface area contributed by atoms with Crippen LogP contribution in [0.5, 0.6) is 5.88 Å². The maximum Gasteiger partial charge on any atom is 0.258 e. The predicted molar refractivity (Wildman–Crippen MR) is 84.7 cm³/mol. The van der Waals surface area contributed by atoms with Gasteiger partial charge < -0.3 is 15.4 Å². The molecule has 21 heavy (non-hydrogen) atoms. The fourth-order valence-electron chi connectivity index (χ4n) is 2.86. The van der Waals surface area contributed by atoms with E-state index < -0.39 is 0 Å². The van der Waals surface area contributed by atoms with Gasteiger partial charge in [0.2, 0.25) is 0 Å². The average Bonchev–Trinajstić information content (AvgIpc) is 2.54. The molecule has 0 amide bonds. The van der Waals surface area contributed by atoms with E-state index in [2.05, 4.69) is 9.88 Å². The molecule has 0 aliphatic carbocycles. The van der Waals surface area contributed by atoms with Crippen molar-refractivity contribution >= 4 is 16.9 Å². The molecule has 1 saturated heterocycles. The van der Waals surface area contributed by atoms with Gasteiger partial charge >= 0.3 is 0 Å². The molecule has 3 rings (SSSR count). The molecule has 1 aromatic carbocycles. The van der Waals surface area contributed by atoms with Gasteiger partial charge in [0.15, 0.2) is 5.82 Å². The van der Waals surface area contributed by atoms with E-state index in [4.69, 9.17) is 15.5 Å². The van der Waals surface area contributed by atoms with Crippen LogP contribution in [0.3, 0.4) is 0 Å². The number of aromatic nitrogens is 2. The Hall–Kier alpha value is -1.88. The van der Waals surface area contributed by atoms with E-state index >= 15 is 0 Å². The van der Waals surface area contributed by atoms with Crippen molar-refractivity contribution in [2.75, 3.05) is 31.1 Å². The second-order valence-corrected chi connectivity index (χ2v) is 5.46. The molecule has 0 spiro atoms. The van der Waals surface area contributed by atoms with Gasteiger partial charge in [-0.05, 0) is 44.4 Å². The summed E-state index contributed by atoms with van der Waals surface area (Å²) in [6.07, 6.45) is 2.33. The Balaban J connectivity index is 2.00. The molecule has 5 nitrogen and oxygen atoms in total. The zero-order valence-corrected chi connectivity index (χ0v) is 12.5. The van der Waals surface area contributed by atoms with E-state index in [9.17, 15) is 0 Å². The number of hydrogen-bond donors (Lipinski definition) is 1. The van der Waals surface area contributed by atoms with E-state index in [1.54, 1.807) is 0 Å². The lowest BCUT2D eigenvalue weighted by Crippen LogP contribution is -2.39. The molecule has 1 atom stereocenters. The Morgan fingerprint density at radius 3 is 2.76 bits per heavy atom. The van der Waals surface area contributed by atoms with Crippen LogP contribution in [0.4, 0.5) is 5.82 Å². The summed E-state index contributed by atoms with van der Waals surface area (Å²) in [7, 11) is 0. The van der Waals surface area contributed by atoms with Crippen molar-refractivity contribution in [1.29, 1.82) is 0 Å². The average molecular weight is 286 g/mol. The van der Waals surface area contributed by atoms with E-state index in [0.29, 0.717) is 18.4 Å². The maximum absolute atomic E-state index is 5.84. The number of piperidine rings is 1. The minimum atomic E-state index is 0.529. The Bertz CT molecular complexity index is 616. The number of anilines is 1. The predicted octanol–water partition coefficient (Wildman–Crippen LogP) is 2.20. The Labute approximate surface area is 125 Å². The van der Waals surface area contributed by atoms with E-state index in [0.717, 1.165) is 42.9 Å². The van der Waals surface area contributed by atoms with E-state index in [-0.39, 0.29) is 0 Å². The van der Waals surface area contributed by atoms with Crippen LogP contribution >= 0.6 is 0 Å². The number of para-hydroxylation sites is 2. The zero-order valence-electron chi connectivity index (χ0n) is 12.5. The third kappa shape index (κ3) is 2.93. The second kappa shape index (κ2) is 6.26. The molecule has 2 aromatic rings. The van der Waals surface area contributed by atoms with Crippen LogP contribution in [-0.4, -0.2) is 36.2 Å². The van der Waals surface area contributed by atoms with Crippen molar-refractivity contribution in [3.8, 4) is 5.88 Å². The summed E-state index contributed by atoms with van der Waals surface area (Å²) in [4.78, 5) is 11.7. The zero-order chi connectivity index (χ0) is 14.7. The molecule has 0 radical (unpaired) electrons. The highest BCUT2D eigenvalue weighted by Crippen LogP contribution is 2.30. The molecule has 1 aliphatic rings. The van der Waals surface area contributed by atoms with Crippen molar-refractivity contribution in [2.24, 2.45) is 11.7 Å². The minimum Gasteiger partial charge on any atom is -0.475 e. The Morgan fingerprint density at radius 2 is 2.05 bits per heavy atom. The van der Waals surface area contributed by atoms with Crippen molar-refractivity contribution in [1.82, 2.24) is 9.97 Å². The maximum atomic E-state index is 5.84. The smallest absolute Gasteiger partial charge is 0.258 e. The Kier molecular flexibility index (Phi) is 4.20. The molecule has 1 aromatic heterocycles. The highest BCUT2D eigenvalue weighted by molar-refractivity contribution is 5.77. The van der Waals surface area contributed by atoms with Gasteiger partial charge in [-0.15, -0.1) is 0 Å². The molecule has 1 fully saturated rings. The van der Waals surface area contributed by atoms with Crippen LogP contribution in [0.25, 0.3) is 11.0 Å². The van der Waals surface area contributed by atoms with Crippen molar-refractivity contribution in [3.05, 3.63) is 24.3 Å². The summed E-state index contributed by atoms with van der Waals surface area (Å²) in [5, 5.41) is 0. The van der Waals surface area contributed by atoms with Gasteiger partial charge in [-0.2, -0.15) is 0 Å². The van der Waals surface area contributed by atoms with Crippen LogP contribution in [0.15, 0.2) is 24.3 Å². The third-order valence-corrected chi connectivity index (χ3v) is 3.95. The minimum absolute atomic E-state index is 0.529. The molecule has 2 heterocycles. The first-order chi connectivity index (χ1) is 10.3. The Morgan fingerprint density at radius 1 is 1.29 bits per heavy atom. The fraction of sp³-hybridized carbons (Fsp3) is 0.500. The van der Waals surface area contributed by atoms with Crippen molar-refractivity contribution in [2.45, 2.75) is 19.8 Å². The number of rotatable bonds is 4. The first-order valence-corrected chi connectivity index (χ1v) is 7.66. The van der Waals surface area contributed by atoms with Gasteiger partial charge in [0.1, 0.15) is 0 Å². The number of ether oxygens (including phenoxy) is 1. The summed E-state index contributed by atoms with van der Waals surface area (Å²) in [5.74, 6) is 2.02. The topological polar surface area (TPSA) is 64.3 Å². The lowest BCUT2D eigenvalue weighted by molar-refractivity contribution is 0.324. The number of benzene rings is 1. The van der Waals surface area contributed by atoms with Crippen molar-refractivity contribution in [3.63, 3.8) is 0 Å². The quantitative estimate of drug-likeness (QED) is 0.933. The largest absolute Gasteiger partial charge is 0.475 e. The number of nitrogens with zero attached hydrogens (tertiary/aromatic N) is 3. The molecular weight excluding hydrogens is 264 g/mol. The lowest BCUT2D eigenvalue weighted by atomic mass is 9.98. The molecule has 112 valence electrons. The standard InChI is InChI=1S/C16H22N4O/c1-2-21-16-15(20-9-5-6-12(10-17)11-20)18-13-7-3-4-8-14(13)19-16/h3-4,7-8,12H,2,5-6,9-11,17H2,1H3/t12-/m0/s1. The molecule has 2 N–H and O–H groups in total. The first-order valence-electron chi connectivity index (χ1n) is 7.66. The first kappa shape index (κ1) is 14.1. The van der Waals surface area contributed by atoms with Gasteiger partial charge in [0, 0.05) is 13.1 Å². The SMILES string of the molecule is CCOc1nc2ccccc2nc1N1CCC[C@@H](CN)C1. The van der Waals surface area contributed by atoms with Crippen LogP contribution in [-0.2, 0) is 0 Å². The third-order valence-electron chi connectivity index (χ3n) is 3.95. The fourth-order valence-corrected chi connectivity index (χ4v) is 2.86. The van der Waals surface area contributed by atoms with E-state index in [1.807, 2.05) is 31.2 Å². The van der Waals surface area contributed by atoms with Gasteiger partial charge in [-0.3, -0.25) is 0 Å². The lowest BCUT2D eigenvalue weighted by Gasteiger charge is -2.33. The van der Waals surface area contributed by atoms with Crippen LogP contribution in [0.2, 0.25) is 0 Å². The molecule has 0 saturated carbocycles. The summed E-state index contributed by atoms with van der Waals surface area (Å²) in [6.45, 7) is 5.21. The molecule has 0 unspecified atom stereocenters. The molecular formula is C16H22N4O. The monoisotopic (exact) mass is 286 g/mol. The normalized spacial score (nSPS) is 19.0. The van der Waals surface area contributed by atoms with Crippen LogP contribution in [0.1, 0.15) is 19.8 Å². The molecule has 0 bridgehead atoms. The number of fused-ring (bicyclic) bond motifs is 1. The van der Waals surface area contributed by atoms with Crippen molar-refractivity contribution < 1.29 is 4.74 Å². The van der Waals surface area contributed by atoms with E-state index in [1.165, 1.54) is 6.42 Å². The molecule has 1 aliphatic heterocycles. The second-order valence-electron chi connectivity index (χ2n) is 5.46. The number of nitrogens with two attached hydrogens (primary N) is 1. The summed E-state index contributed by atoms with van der Waals surface area (Å²) in [6, 6.07) is 7.91.